The van der Waals surface area contributed by atoms with E-state index in [0.717, 1.165) is 0 Å². The number of carboxylic acid groups (broad SMARTS) is 2. The molecule has 0 heterocycles. The maximum atomic E-state index is 8.56. The van der Waals surface area contributed by atoms with Gasteiger partial charge >= 0.3 is 53.1 Å². The molecule has 0 amide bonds. The largest absolute Gasteiger partial charge is 0 e. The van der Waals surface area contributed by atoms with Gasteiger partial charge in [0.25, 0.3) is 0 Å². The maximum absolute atomic E-state index is 8.56. The fourth-order valence-corrected chi connectivity index (χ4v) is 0. The smallest absolute Gasteiger partial charge is 0 e. The molecule has 2 N–H and O–H groups in total. The molecule has 0 rings (SSSR count). The van der Waals surface area contributed by atoms with Crippen LogP contribution in [-0.4, -0.2) is 80.7 Å². The van der Waals surface area contributed by atoms with Crippen LogP contribution in [0.4, 0.5) is 4.79 Å². The summed E-state index contributed by atoms with van der Waals surface area (Å²) in [4.78, 5) is 8.56. The average molecular weight is 372 g/mol. The van der Waals surface area contributed by atoms with Crippen LogP contribution >= 0.6 is 0 Å². The molecule has 0 fully saturated rings. The summed E-state index contributed by atoms with van der Waals surface area (Å²) < 4.78 is 0. The average Bonchev–Trinajstić information content (AvgIpc) is 0.811. The first kappa shape index (κ1) is 41.5. The van der Waals surface area contributed by atoms with E-state index in [4.69, 9.17) is 15.0 Å². The minimum atomic E-state index is -1.83. The van der Waals surface area contributed by atoms with Gasteiger partial charge in [-0.2, -0.15) is 0 Å². The number of rotatable bonds is 0. The van der Waals surface area contributed by atoms with Crippen molar-refractivity contribution < 1.29 is 54.0 Å². The van der Waals surface area contributed by atoms with E-state index in [-0.39, 0.29) is 103 Å². The van der Waals surface area contributed by atoms with Crippen molar-refractivity contribution in [3.8, 4) is 0 Å². The molecule has 0 saturated carbocycles. The molecule has 0 aliphatic rings. The van der Waals surface area contributed by atoms with E-state index in [1.165, 1.54) is 0 Å². The van der Waals surface area contributed by atoms with Crippen molar-refractivity contribution >= 4 is 70.5 Å². The number of carbonyl (C=O) groups is 1. The maximum Gasteiger partial charge on any atom is 0 e. The first-order valence-electron chi connectivity index (χ1n) is 0.651. The summed E-state index contributed by atoms with van der Waals surface area (Å²) in [5.41, 5.74) is 0. The quantitative estimate of drug-likeness (QED) is 0.438. The predicted molar refractivity (Wildman–Crippen MR) is 40.5 cm³/mol. The molecule has 0 aromatic carbocycles. The molecule has 0 unspecified atom stereocenters. The van der Waals surface area contributed by atoms with Crippen LogP contribution in [0.2, 0.25) is 0 Å². The summed E-state index contributed by atoms with van der Waals surface area (Å²) in [5.74, 6) is 0. The van der Waals surface area contributed by atoms with Crippen molar-refractivity contribution in [1.29, 1.82) is 0 Å². The number of hydrogen-bond acceptors (Lipinski definition) is 1. The predicted octanol–water partition coefficient (Wildman–Crippen LogP) is -3.33. The van der Waals surface area contributed by atoms with Gasteiger partial charge in [-0.3, -0.25) is 0 Å². The topological polar surface area (TPSA) is 57.5 Å². The molecule has 8 heteroatoms. The summed E-state index contributed by atoms with van der Waals surface area (Å²) in [6.07, 6.45) is -1.83. The fraction of sp³-hybridized carbons (Fsp3) is 0. The van der Waals surface area contributed by atoms with E-state index >= 15 is 0 Å². The van der Waals surface area contributed by atoms with Crippen LogP contribution in [0.25, 0.3) is 0 Å². The van der Waals surface area contributed by atoms with E-state index in [9.17, 15) is 0 Å². The molecule has 0 aromatic rings. The third-order valence-electron chi connectivity index (χ3n) is 0. The van der Waals surface area contributed by atoms with Crippen LogP contribution in [0.1, 0.15) is 0 Å². The van der Waals surface area contributed by atoms with Crippen LogP contribution in [0.5, 0.6) is 0 Å². The van der Waals surface area contributed by atoms with Gasteiger partial charge in [0.2, 0.25) is 0 Å². The van der Waals surface area contributed by atoms with Gasteiger partial charge in [0.05, 0.1) is 0 Å². The van der Waals surface area contributed by atoms with Crippen molar-refractivity contribution in [2.45, 2.75) is 0 Å². The second kappa shape index (κ2) is 31.1. The van der Waals surface area contributed by atoms with Crippen molar-refractivity contribution in [2.75, 3.05) is 0 Å². The van der Waals surface area contributed by atoms with E-state index < -0.39 is 6.16 Å². The fourth-order valence-electron chi connectivity index (χ4n) is 0. The Kier molecular flexibility index (Phi) is 144. The van der Waals surface area contributed by atoms with E-state index in [1.807, 2.05) is 0 Å². The Balaban J connectivity index is -0.00000000450. The molecule has 0 bridgehead atoms. The van der Waals surface area contributed by atoms with E-state index in [1.54, 1.807) is 0 Å². The second-order valence-corrected chi connectivity index (χ2v) is 0.283. The summed E-state index contributed by atoms with van der Waals surface area (Å²) in [5, 5.41) is 13.9. The zero-order valence-electron chi connectivity index (χ0n) is 3.22. The Morgan fingerprint density at radius 1 is 1.11 bits per heavy atom. The standard InChI is InChI=1S/CH2O3.Al.Mg.Sn.2Zn.9H/c2-1(3)4;;;;;;;;;;;;;;/h(H2,2,3,4);;;;;;;;;;;;;;. The van der Waals surface area contributed by atoms with Gasteiger partial charge in [0.15, 0.2) is 17.4 Å². The van der Waals surface area contributed by atoms with Crippen molar-refractivity contribution in [2.24, 2.45) is 0 Å². The first-order chi connectivity index (χ1) is 1.73. The van der Waals surface area contributed by atoms with Crippen molar-refractivity contribution in [1.82, 2.24) is 0 Å². The van der Waals surface area contributed by atoms with Gasteiger partial charge in [0.1, 0.15) is 0 Å². The molecule has 3 nitrogen and oxygen atoms in total. The SMILES string of the molecule is O=C(O)O.[AlH3].[MgH2].[SnH4].[Zn].[Zn]. The normalized spacial score (nSPS) is 2.67. The van der Waals surface area contributed by atoms with Crippen LogP contribution in [0.3, 0.4) is 0 Å². The molecular weight excluding hydrogens is 361 g/mol. The van der Waals surface area contributed by atoms with Gasteiger partial charge in [-0.15, -0.1) is 0 Å². The molecule has 0 aliphatic carbocycles. The Labute approximate surface area is 122 Å². The van der Waals surface area contributed by atoms with Crippen LogP contribution in [0.15, 0.2) is 0 Å². The molecule has 0 atom stereocenters. The van der Waals surface area contributed by atoms with Crippen LogP contribution < -0.4 is 0 Å². The Bertz CT molecular complexity index is 44.8. The molecule has 0 radical (unpaired) electrons. The zero-order valence-corrected chi connectivity index (χ0v) is 9.15. The van der Waals surface area contributed by atoms with Crippen LogP contribution in [0, 0.1) is 0 Å². The molecular formula is CH11AlMgO3SnZn2. The minimum Gasteiger partial charge on any atom is 0 e. The van der Waals surface area contributed by atoms with Gasteiger partial charge in [-0.1, -0.05) is 0 Å². The van der Waals surface area contributed by atoms with Gasteiger partial charge < -0.3 is 10.2 Å². The summed E-state index contributed by atoms with van der Waals surface area (Å²) >= 11 is 0. The summed E-state index contributed by atoms with van der Waals surface area (Å²) in [6.45, 7) is 0. The second-order valence-electron chi connectivity index (χ2n) is 0.283. The molecule has 0 aliphatic heterocycles. The molecule has 46 valence electrons. The zero-order chi connectivity index (χ0) is 3.58. The summed E-state index contributed by atoms with van der Waals surface area (Å²) in [7, 11) is 0. The van der Waals surface area contributed by atoms with E-state index in [0.29, 0.717) is 0 Å². The molecule has 0 spiro atoms. The van der Waals surface area contributed by atoms with Gasteiger partial charge in [-0.05, 0) is 0 Å². The molecule has 0 saturated heterocycles. The van der Waals surface area contributed by atoms with Crippen molar-refractivity contribution in [3.05, 3.63) is 0 Å². The minimum absolute atomic E-state index is 0. The third-order valence-corrected chi connectivity index (χ3v) is 0. The van der Waals surface area contributed by atoms with Crippen molar-refractivity contribution in [3.63, 3.8) is 0 Å². The Morgan fingerprint density at radius 2 is 1.11 bits per heavy atom. The third kappa shape index (κ3) is 115. The monoisotopic (exact) mass is 370 g/mol. The molecule has 0 aromatic heterocycles. The number of hydrogen-bond donors (Lipinski definition) is 2. The van der Waals surface area contributed by atoms with Crippen LogP contribution in [-0.2, 0) is 39.0 Å². The Hall–Kier alpha value is 2.61. The van der Waals surface area contributed by atoms with Gasteiger partial charge in [-0.25, -0.2) is 4.79 Å². The Morgan fingerprint density at radius 3 is 1.11 bits per heavy atom. The molecule has 9 heavy (non-hydrogen) atoms. The van der Waals surface area contributed by atoms with Gasteiger partial charge in [0, 0.05) is 39.0 Å². The van der Waals surface area contributed by atoms with E-state index in [2.05, 4.69) is 0 Å². The first-order valence-corrected chi connectivity index (χ1v) is 0.651. The summed E-state index contributed by atoms with van der Waals surface area (Å²) in [6, 6.07) is 0.